The van der Waals surface area contributed by atoms with Crippen LogP contribution < -0.4 is 11.1 Å². The Morgan fingerprint density at radius 2 is 1.45 bits per heavy atom. The first-order valence-corrected chi connectivity index (χ1v) is 8.31. The SMILES string of the molecule is CCCCCCCCCCCCNC(=O)[C@@H](N)[C@@H](C)O. The quantitative estimate of drug-likeness (QED) is 0.456. The fraction of sp³-hybridized carbons (Fsp3) is 0.938. The molecule has 0 saturated heterocycles. The number of unbranched alkanes of at least 4 members (excludes halogenated alkanes) is 9. The highest BCUT2D eigenvalue weighted by Gasteiger charge is 2.17. The number of nitrogens with one attached hydrogen (secondary N) is 1. The van der Waals surface area contributed by atoms with E-state index in [2.05, 4.69) is 12.2 Å². The van der Waals surface area contributed by atoms with E-state index in [1.54, 1.807) is 0 Å². The maximum Gasteiger partial charge on any atom is 0.239 e. The highest BCUT2D eigenvalue weighted by atomic mass is 16.3. The first-order valence-electron chi connectivity index (χ1n) is 8.31. The molecule has 0 spiro atoms. The maximum absolute atomic E-state index is 11.4. The molecule has 0 heterocycles. The van der Waals surface area contributed by atoms with Gasteiger partial charge in [-0.3, -0.25) is 4.79 Å². The Balaban J connectivity index is 3.23. The number of carbonyl (C=O) groups is 1. The van der Waals surface area contributed by atoms with E-state index in [4.69, 9.17) is 5.73 Å². The topological polar surface area (TPSA) is 75.4 Å². The van der Waals surface area contributed by atoms with Gasteiger partial charge in [-0.2, -0.15) is 0 Å². The molecule has 0 saturated carbocycles. The molecule has 2 atom stereocenters. The van der Waals surface area contributed by atoms with Gasteiger partial charge in [0.25, 0.3) is 0 Å². The largest absolute Gasteiger partial charge is 0.391 e. The molecule has 0 aromatic heterocycles. The van der Waals surface area contributed by atoms with Crippen LogP contribution in [0.1, 0.15) is 78.1 Å². The molecule has 0 radical (unpaired) electrons. The fourth-order valence-corrected chi connectivity index (χ4v) is 2.16. The minimum atomic E-state index is -0.807. The molecule has 0 aromatic rings. The van der Waals surface area contributed by atoms with Crippen LogP contribution in [0.3, 0.4) is 0 Å². The van der Waals surface area contributed by atoms with E-state index in [-0.39, 0.29) is 5.91 Å². The van der Waals surface area contributed by atoms with Crippen molar-refractivity contribution in [1.82, 2.24) is 5.32 Å². The van der Waals surface area contributed by atoms with Gasteiger partial charge in [0.15, 0.2) is 0 Å². The molecule has 0 aliphatic rings. The van der Waals surface area contributed by atoms with Gasteiger partial charge >= 0.3 is 0 Å². The second-order valence-corrected chi connectivity index (χ2v) is 5.74. The molecule has 0 aromatic carbocycles. The molecule has 1 amide bonds. The zero-order valence-corrected chi connectivity index (χ0v) is 13.4. The first-order chi connectivity index (χ1) is 9.59. The Labute approximate surface area is 124 Å². The number of aliphatic hydroxyl groups is 1. The highest BCUT2D eigenvalue weighted by molar-refractivity contribution is 5.81. The summed E-state index contributed by atoms with van der Waals surface area (Å²) in [7, 11) is 0. The average molecular weight is 286 g/mol. The molecule has 0 fully saturated rings. The van der Waals surface area contributed by atoms with Crippen molar-refractivity contribution in [2.75, 3.05) is 6.54 Å². The maximum atomic E-state index is 11.4. The molecule has 0 unspecified atom stereocenters. The highest BCUT2D eigenvalue weighted by Crippen LogP contribution is 2.10. The predicted octanol–water partition coefficient (Wildman–Crippen LogP) is 2.73. The van der Waals surface area contributed by atoms with Gasteiger partial charge in [0.2, 0.25) is 5.91 Å². The van der Waals surface area contributed by atoms with E-state index in [1.165, 1.54) is 58.3 Å². The van der Waals surface area contributed by atoms with E-state index < -0.39 is 12.1 Å². The summed E-state index contributed by atoms with van der Waals surface area (Å²) in [5.41, 5.74) is 5.53. The number of nitrogens with two attached hydrogens (primary N) is 1. The van der Waals surface area contributed by atoms with Crippen LogP contribution >= 0.6 is 0 Å². The Morgan fingerprint density at radius 1 is 1.00 bits per heavy atom. The summed E-state index contributed by atoms with van der Waals surface area (Å²) in [5.74, 6) is -0.254. The predicted molar refractivity (Wildman–Crippen MR) is 84.5 cm³/mol. The molecular formula is C16H34N2O2. The fourth-order valence-electron chi connectivity index (χ4n) is 2.16. The normalized spacial score (nSPS) is 14.0. The molecule has 20 heavy (non-hydrogen) atoms. The zero-order chi connectivity index (χ0) is 15.2. The van der Waals surface area contributed by atoms with Gasteiger partial charge in [-0.15, -0.1) is 0 Å². The van der Waals surface area contributed by atoms with Crippen LogP contribution in [0.25, 0.3) is 0 Å². The summed E-state index contributed by atoms with van der Waals surface area (Å²) in [6.07, 6.45) is 12.0. The third-order valence-corrected chi connectivity index (χ3v) is 3.65. The average Bonchev–Trinajstić information content (AvgIpc) is 2.43. The van der Waals surface area contributed by atoms with Crippen LogP contribution in [0.4, 0.5) is 0 Å². The second-order valence-electron chi connectivity index (χ2n) is 5.74. The Kier molecular flexibility index (Phi) is 13.0. The van der Waals surface area contributed by atoms with Crippen molar-refractivity contribution in [2.45, 2.75) is 90.2 Å². The second kappa shape index (κ2) is 13.4. The third-order valence-electron chi connectivity index (χ3n) is 3.65. The Morgan fingerprint density at radius 3 is 1.90 bits per heavy atom. The first kappa shape index (κ1) is 19.4. The van der Waals surface area contributed by atoms with Crippen LogP contribution in [0, 0.1) is 0 Å². The van der Waals surface area contributed by atoms with Crippen molar-refractivity contribution in [3.8, 4) is 0 Å². The van der Waals surface area contributed by atoms with Crippen LogP contribution in [0.5, 0.6) is 0 Å². The van der Waals surface area contributed by atoms with Crippen molar-refractivity contribution < 1.29 is 9.90 Å². The number of hydrogen-bond acceptors (Lipinski definition) is 3. The van der Waals surface area contributed by atoms with E-state index >= 15 is 0 Å². The molecule has 4 heteroatoms. The van der Waals surface area contributed by atoms with Crippen LogP contribution in [-0.4, -0.2) is 29.7 Å². The smallest absolute Gasteiger partial charge is 0.239 e. The van der Waals surface area contributed by atoms with E-state index in [0.29, 0.717) is 6.54 Å². The molecule has 0 bridgehead atoms. The number of carbonyl (C=O) groups excluding carboxylic acids is 1. The summed E-state index contributed by atoms with van der Waals surface area (Å²) in [5, 5.41) is 11.9. The summed E-state index contributed by atoms with van der Waals surface area (Å²) in [6.45, 7) is 4.44. The summed E-state index contributed by atoms with van der Waals surface area (Å²) < 4.78 is 0. The van der Waals surface area contributed by atoms with Crippen LogP contribution in [-0.2, 0) is 4.79 Å². The lowest BCUT2D eigenvalue weighted by Gasteiger charge is -2.14. The van der Waals surface area contributed by atoms with Crippen LogP contribution in [0.15, 0.2) is 0 Å². The summed E-state index contributed by atoms with van der Waals surface area (Å²) in [4.78, 5) is 11.4. The lowest BCUT2D eigenvalue weighted by Crippen LogP contribution is -2.47. The molecule has 120 valence electrons. The standard InChI is InChI=1S/C16H34N2O2/c1-3-4-5-6-7-8-9-10-11-12-13-18-16(20)15(17)14(2)19/h14-15,19H,3-13,17H2,1-2H3,(H,18,20)/t14-,15+/m1/s1. The molecule has 0 aliphatic heterocycles. The van der Waals surface area contributed by atoms with Crippen molar-refractivity contribution in [1.29, 1.82) is 0 Å². The lowest BCUT2D eigenvalue weighted by atomic mass is 10.1. The van der Waals surface area contributed by atoms with Gasteiger partial charge in [0.1, 0.15) is 6.04 Å². The van der Waals surface area contributed by atoms with Gasteiger partial charge in [-0.05, 0) is 13.3 Å². The van der Waals surface area contributed by atoms with Crippen LogP contribution in [0.2, 0.25) is 0 Å². The van der Waals surface area contributed by atoms with E-state index in [9.17, 15) is 9.90 Å². The molecule has 0 aliphatic carbocycles. The molecule has 0 rings (SSSR count). The van der Waals surface area contributed by atoms with Crippen molar-refractivity contribution >= 4 is 5.91 Å². The minimum absolute atomic E-state index is 0.254. The Hall–Kier alpha value is -0.610. The van der Waals surface area contributed by atoms with E-state index in [1.807, 2.05) is 0 Å². The number of rotatable bonds is 13. The van der Waals surface area contributed by atoms with Gasteiger partial charge in [-0.25, -0.2) is 0 Å². The Bertz CT molecular complexity index is 233. The van der Waals surface area contributed by atoms with Crippen molar-refractivity contribution in [2.24, 2.45) is 5.73 Å². The summed E-state index contributed by atoms with van der Waals surface area (Å²) >= 11 is 0. The lowest BCUT2D eigenvalue weighted by molar-refractivity contribution is -0.124. The van der Waals surface area contributed by atoms with Gasteiger partial charge in [0, 0.05) is 6.54 Å². The van der Waals surface area contributed by atoms with Gasteiger partial charge in [0.05, 0.1) is 6.10 Å². The van der Waals surface area contributed by atoms with Crippen molar-refractivity contribution in [3.63, 3.8) is 0 Å². The van der Waals surface area contributed by atoms with Gasteiger partial charge < -0.3 is 16.2 Å². The molecule has 4 nitrogen and oxygen atoms in total. The molecule has 4 N–H and O–H groups in total. The molecular weight excluding hydrogens is 252 g/mol. The number of aliphatic hydroxyl groups excluding tert-OH is 1. The van der Waals surface area contributed by atoms with E-state index in [0.717, 1.165) is 12.8 Å². The van der Waals surface area contributed by atoms with Crippen molar-refractivity contribution in [3.05, 3.63) is 0 Å². The summed E-state index contributed by atoms with van der Waals surface area (Å²) in [6, 6.07) is -0.807. The number of amides is 1. The third kappa shape index (κ3) is 11.2. The number of hydrogen-bond donors (Lipinski definition) is 3. The van der Waals surface area contributed by atoms with Gasteiger partial charge in [-0.1, -0.05) is 64.7 Å². The minimum Gasteiger partial charge on any atom is -0.391 e. The zero-order valence-electron chi connectivity index (χ0n) is 13.4. The monoisotopic (exact) mass is 286 g/mol.